The van der Waals surface area contributed by atoms with E-state index in [1.807, 2.05) is 0 Å². The molecule has 0 fully saturated rings. The van der Waals surface area contributed by atoms with Crippen LogP contribution in [0.4, 0.5) is 8.78 Å². The van der Waals surface area contributed by atoms with Crippen LogP contribution in [0.1, 0.15) is 10.4 Å². The van der Waals surface area contributed by atoms with Crippen LogP contribution in [-0.4, -0.2) is 11.1 Å². The first-order valence-corrected chi connectivity index (χ1v) is 4.87. The van der Waals surface area contributed by atoms with Crippen LogP contribution in [0.3, 0.4) is 0 Å². The van der Waals surface area contributed by atoms with E-state index < -0.39 is 23.2 Å². The van der Waals surface area contributed by atoms with Gasteiger partial charge in [0.1, 0.15) is 11.6 Å². The number of benzene rings is 2. The third-order valence-electron chi connectivity index (χ3n) is 2.35. The van der Waals surface area contributed by atoms with Crippen molar-refractivity contribution in [3.63, 3.8) is 0 Å². The maximum absolute atomic E-state index is 13.2. The van der Waals surface area contributed by atoms with Gasteiger partial charge in [-0.1, -0.05) is 18.2 Å². The number of aromatic carboxylic acids is 1. The van der Waals surface area contributed by atoms with Gasteiger partial charge in [0.15, 0.2) is 0 Å². The predicted octanol–water partition coefficient (Wildman–Crippen LogP) is 3.33. The Morgan fingerprint density at radius 2 is 1.71 bits per heavy atom. The summed E-state index contributed by atoms with van der Waals surface area (Å²) in [6.07, 6.45) is 0. The van der Waals surface area contributed by atoms with Gasteiger partial charge in [0.05, 0.1) is 5.56 Å². The van der Waals surface area contributed by atoms with E-state index in [1.165, 1.54) is 30.3 Å². The number of hydrogen-bond donors (Lipinski definition) is 1. The average molecular weight is 234 g/mol. The van der Waals surface area contributed by atoms with Crippen LogP contribution in [0.15, 0.2) is 42.5 Å². The molecule has 2 aromatic carbocycles. The van der Waals surface area contributed by atoms with Crippen molar-refractivity contribution < 1.29 is 18.7 Å². The largest absolute Gasteiger partial charge is 0.478 e. The second kappa shape index (κ2) is 4.33. The lowest BCUT2D eigenvalue weighted by atomic mass is 10.0. The van der Waals surface area contributed by atoms with E-state index in [4.69, 9.17) is 5.11 Å². The molecule has 0 saturated heterocycles. The monoisotopic (exact) mass is 234 g/mol. The Balaban J connectivity index is 2.54. The van der Waals surface area contributed by atoms with Gasteiger partial charge in [-0.25, -0.2) is 13.6 Å². The highest BCUT2D eigenvalue weighted by molar-refractivity contribution is 5.89. The molecule has 0 amide bonds. The lowest BCUT2D eigenvalue weighted by molar-refractivity contribution is 0.0692. The second-order valence-corrected chi connectivity index (χ2v) is 3.51. The lowest BCUT2D eigenvalue weighted by Crippen LogP contribution is -2.00. The third kappa shape index (κ3) is 2.30. The Labute approximate surface area is 96.1 Å². The molecule has 17 heavy (non-hydrogen) atoms. The summed E-state index contributed by atoms with van der Waals surface area (Å²) in [5.41, 5.74) is 0.544. The van der Waals surface area contributed by atoms with E-state index in [9.17, 15) is 13.6 Å². The van der Waals surface area contributed by atoms with Gasteiger partial charge >= 0.3 is 5.97 Å². The number of hydrogen-bond acceptors (Lipinski definition) is 1. The number of carbonyl (C=O) groups is 1. The maximum atomic E-state index is 13.2. The average Bonchev–Trinajstić information content (AvgIpc) is 2.29. The van der Waals surface area contributed by atoms with Crippen LogP contribution >= 0.6 is 0 Å². The fourth-order valence-electron chi connectivity index (χ4n) is 1.54. The molecule has 0 aliphatic heterocycles. The van der Waals surface area contributed by atoms with Gasteiger partial charge in [-0.15, -0.1) is 0 Å². The SMILES string of the molecule is O=C(O)c1cc(-c2cccc(F)c2)ccc1F. The van der Waals surface area contributed by atoms with Gasteiger partial charge in [0, 0.05) is 0 Å². The number of carboxylic acids is 1. The summed E-state index contributed by atoms with van der Waals surface area (Å²) >= 11 is 0. The Kier molecular flexibility index (Phi) is 2.87. The number of halogens is 2. The van der Waals surface area contributed by atoms with Crippen molar-refractivity contribution in [1.82, 2.24) is 0 Å². The number of carboxylic acid groups (broad SMARTS) is 1. The fraction of sp³-hybridized carbons (Fsp3) is 0. The van der Waals surface area contributed by atoms with E-state index in [0.29, 0.717) is 11.1 Å². The Bertz CT molecular complexity index is 579. The van der Waals surface area contributed by atoms with Gasteiger partial charge in [0.2, 0.25) is 0 Å². The molecule has 0 bridgehead atoms. The zero-order valence-corrected chi connectivity index (χ0v) is 8.65. The molecule has 0 unspecified atom stereocenters. The van der Waals surface area contributed by atoms with Gasteiger partial charge < -0.3 is 5.11 Å². The first kappa shape index (κ1) is 11.3. The zero-order valence-electron chi connectivity index (χ0n) is 8.65. The summed E-state index contributed by atoms with van der Waals surface area (Å²) < 4.78 is 26.2. The first-order chi connectivity index (χ1) is 8.08. The molecule has 0 saturated carbocycles. The van der Waals surface area contributed by atoms with E-state index >= 15 is 0 Å². The normalized spacial score (nSPS) is 10.2. The predicted molar refractivity (Wildman–Crippen MR) is 58.8 cm³/mol. The quantitative estimate of drug-likeness (QED) is 0.865. The topological polar surface area (TPSA) is 37.3 Å². The molecule has 0 heterocycles. The smallest absolute Gasteiger partial charge is 0.338 e. The molecule has 2 aromatic rings. The summed E-state index contributed by atoms with van der Waals surface area (Å²) in [4.78, 5) is 10.8. The Morgan fingerprint density at radius 3 is 2.35 bits per heavy atom. The highest BCUT2D eigenvalue weighted by Crippen LogP contribution is 2.22. The molecule has 0 spiro atoms. The molecular formula is C13H8F2O2. The second-order valence-electron chi connectivity index (χ2n) is 3.51. The molecule has 86 valence electrons. The molecule has 0 radical (unpaired) electrons. The van der Waals surface area contributed by atoms with Gasteiger partial charge in [0.25, 0.3) is 0 Å². The van der Waals surface area contributed by atoms with Crippen molar-refractivity contribution in [2.75, 3.05) is 0 Å². The zero-order chi connectivity index (χ0) is 12.4. The van der Waals surface area contributed by atoms with Crippen LogP contribution < -0.4 is 0 Å². The minimum absolute atomic E-state index is 0.424. The molecule has 2 nitrogen and oxygen atoms in total. The summed E-state index contributed by atoms with van der Waals surface area (Å²) in [6.45, 7) is 0. The van der Waals surface area contributed by atoms with Crippen molar-refractivity contribution in [2.24, 2.45) is 0 Å². The van der Waals surface area contributed by atoms with Crippen molar-refractivity contribution in [2.45, 2.75) is 0 Å². The van der Waals surface area contributed by atoms with E-state index in [2.05, 4.69) is 0 Å². The minimum atomic E-state index is -1.35. The summed E-state index contributed by atoms with van der Waals surface area (Å²) in [6, 6.07) is 9.34. The van der Waals surface area contributed by atoms with Crippen LogP contribution in [0.5, 0.6) is 0 Å². The van der Waals surface area contributed by atoms with Crippen molar-refractivity contribution >= 4 is 5.97 Å². The van der Waals surface area contributed by atoms with Crippen molar-refractivity contribution in [3.05, 3.63) is 59.7 Å². The van der Waals surface area contributed by atoms with Crippen LogP contribution in [0, 0.1) is 11.6 Å². The van der Waals surface area contributed by atoms with E-state index in [-0.39, 0.29) is 0 Å². The molecular weight excluding hydrogens is 226 g/mol. The summed E-state index contributed by atoms with van der Waals surface area (Å²) in [5, 5.41) is 8.78. The van der Waals surface area contributed by atoms with E-state index in [0.717, 1.165) is 6.07 Å². The summed E-state index contributed by atoms with van der Waals surface area (Å²) in [5.74, 6) is -2.58. The van der Waals surface area contributed by atoms with Gasteiger partial charge in [-0.2, -0.15) is 0 Å². The van der Waals surface area contributed by atoms with Gasteiger partial charge in [-0.3, -0.25) is 0 Å². The molecule has 0 aliphatic rings. The van der Waals surface area contributed by atoms with E-state index in [1.54, 1.807) is 6.07 Å². The Morgan fingerprint density at radius 1 is 1.00 bits per heavy atom. The standard InChI is InChI=1S/C13H8F2O2/c14-10-3-1-2-8(6-10)9-4-5-12(15)11(7-9)13(16)17/h1-7H,(H,16,17). The highest BCUT2D eigenvalue weighted by Gasteiger charge is 2.11. The fourth-order valence-corrected chi connectivity index (χ4v) is 1.54. The molecule has 2 rings (SSSR count). The Hall–Kier alpha value is -2.23. The maximum Gasteiger partial charge on any atom is 0.338 e. The number of rotatable bonds is 2. The third-order valence-corrected chi connectivity index (χ3v) is 2.35. The molecule has 0 atom stereocenters. The molecule has 1 N–H and O–H groups in total. The lowest BCUT2D eigenvalue weighted by Gasteiger charge is -2.04. The molecule has 0 aliphatic carbocycles. The van der Waals surface area contributed by atoms with Crippen LogP contribution in [-0.2, 0) is 0 Å². The van der Waals surface area contributed by atoms with Crippen LogP contribution in [0.25, 0.3) is 11.1 Å². The van der Waals surface area contributed by atoms with Crippen molar-refractivity contribution in [1.29, 1.82) is 0 Å². The molecule has 4 heteroatoms. The first-order valence-electron chi connectivity index (χ1n) is 4.87. The summed E-state index contributed by atoms with van der Waals surface area (Å²) in [7, 11) is 0. The minimum Gasteiger partial charge on any atom is -0.478 e. The molecule has 0 aromatic heterocycles. The highest BCUT2D eigenvalue weighted by atomic mass is 19.1. The van der Waals surface area contributed by atoms with Crippen LogP contribution in [0.2, 0.25) is 0 Å². The van der Waals surface area contributed by atoms with Crippen molar-refractivity contribution in [3.8, 4) is 11.1 Å². The van der Waals surface area contributed by atoms with Gasteiger partial charge in [-0.05, 0) is 35.4 Å².